The van der Waals surface area contributed by atoms with Crippen LogP contribution in [0.25, 0.3) is 33.2 Å². The summed E-state index contributed by atoms with van der Waals surface area (Å²) < 4.78 is 0. The molecule has 10 rings (SSSR count). The molecule has 3 N–H and O–H groups in total. The van der Waals surface area contributed by atoms with E-state index < -0.39 is 6.04 Å². The highest BCUT2D eigenvalue weighted by atomic mass is 16.2. The second kappa shape index (κ2) is 19.6. The lowest BCUT2D eigenvalue weighted by Crippen LogP contribution is -2.44. The number of carbonyl (C=O) groups is 2. The molecule has 5 aliphatic rings. The van der Waals surface area contributed by atoms with Crippen molar-refractivity contribution in [2.45, 2.75) is 115 Å². The standard InChI is InChI=1S/C52H65N11O2/c1-34-45-13-11-38(41-22-35(27-53-29-41)31-62-17-4-3-5-18-62)25-46(45)49(59-57-34)51(64)56-44-10-6-8-37(24-44)40-9-7-19-63(33-40)32-36-23-42(30-54-28-36)39-12-14-48-47(26-39)50(60-58-48)52(65)55-43-15-20-61(2)21-16-43/h11-14,22-23,25-30,34,37,40,43-44,49H,3-10,15-21,24,31-33H2,1-2H3,(H,55,65)(H,56,64)(H,58,60). The summed E-state index contributed by atoms with van der Waals surface area (Å²) in [6, 6.07) is 16.7. The number of benzene rings is 2. The molecule has 5 unspecified atom stereocenters. The molecule has 4 fully saturated rings. The molecule has 13 heteroatoms. The molecule has 13 nitrogen and oxygen atoms in total. The van der Waals surface area contributed by atoms with Crippen LogP contribution in [0.2, 0.25) is 0 Å². The van der Waals surface area contributed by atoms with Gasteiger partial charge in [0.05, 0.1) is 11.6 Å². The smallest absolute Gasteiger partial charge is 0.272 e. The Bertz CT molecular complexity index is 2510. The number of azo groups is 1. The van der Waals surface area contributed by atoms with Crippen molar-refractivity contribution in [3.05, 3.63) is 101 Å². The van der Waals surface area contributed by atoms with E-state index in [0.29, 0.717) is 17.5 Å². The summed E-state index contributed by atoms with van der Waals surface area (Å²) in [6.45, 7) is 10.2. The molecule has 2 amide bonds. The molecule has 0 radical (unpaired) electrons. The number of hydrogen-bond donors (Lipinski definition) is 3. The quantitative estimate of drug-likeness (QED) is 0.120. The van der Waals surface area contributed by atoms with Crippen molar-refractivity contribution in [1.82, 2.24) is 45.5 Å². The highest BCUT2D eigenvalue weighted by molar-refractivity contribution is 6.05. The van der Waals surface area contributed by atoms with Gasteiger partial charge in [0.1, 0.15) is 0 Å². The van der Waals surface area contributed by atoms with Crippen LogP contribution < -0.4 is 10.6 Å². The van der Waals surface area contributed by atoms with E-state index in [9.17, 15) is 9.59 Å². The van der Waals surface area contributed by atoms with Crippen LogP contribution in [-0.4, -0.2) is 105 Å². The van der Waals surface area contributed by atoms with Gasteiger partial charge >= 0.3 is 0 Å². The van der Waals surface area contributed by atoms with E-state index in [1.165, 1.54) is 49.7 Å². The van der Waals surface area contributed by atoms with Gasteiger partial charge in [-0.15, -0.1) is 0 Å². The van der Waals surface area contributed by atoms with Crippen LogP contribution in [0.15, 0.2) is 83.5 Å². The molecule has 4 aliphatic heterocycles. The zero-order valence-corrected chi connectivity index (χ0v) is 38.2. The number of hydrogen-bond acceptors (Lipinski definition) is 10. The molecule has 0 spiro atoms. The van der Waals surface area contributed by atoms with E-state index >= 15 is 0 Å². The second-order valence-corrected chi connectivity index (χ2v) is 19.8. The first-order valence-electron chi connectivity index (χ1n) is 24.4. The van der Waals surface area contributed by atoms with Gasteiger partial charge in [-0.1, -0.05) is 31.0 Å². The maximum absolute atomic E-state index is 14.2. The Balaban J connectivity index is 0.764. The second-order valence-electron chi connectivity index (χ2n) is 19.8. The third-order valence-corrected chi connectivity index (χ3v) is 15.1. The lowest BCUT2D eigenvalue weighted by Gasteiger charge is -2.40. The largest absolute Gasteiger partial charge is 0.351 e. The van der Waals surface area contributed by atoms with Crippen molar-refractivity contribution in [3.63, 3.8) is 0 Å². The number of fused-ring (bicyclic) bond motifs is 2. The predicted octanol–water partition coefficient (Wildman–Crippen LogP) is 8.65. The van der Waals surface area contributed by atoms with Crippen LogP contribution in [0.5, 0.6) is 0 Å². The summed E-state index contributed by atoms with van der Waals surface area (Å²) in [7, 11) is 2.12. The fourth-order valence-electron chi connectivity index (χ4n) is 11.4. The Kier molecular flexibility index (Phi) is 13.1. The SMILES string of the molecule is CC1N=NC(C(=O)NC2CCCC(C3CCCN(Cc4cncc(-c5ccc6[nH]nc(C(=O)NC7CCN(C)CC7)c6c5)c4)C3)C2)c2cc(-c3cncc(CN4CCCCC4)c3)ccc21. The summed E-state index contributed by atoms with van der Waals surface area (Å²) in [5.41, 5.74) is 9.92. The third kappa shape index (κ3) is 10.1. The first-order chi connectivity index (χ1) is 31.8. The maximum atomic E-state index is 14.2. The highest BCUT2D eigenvalue weighted by Gasteiger charge is 2.35. The van der Waals surface area contributed by atoms with Crippen molar-refractivity contribution in [1.29, 1.82) is 0 Å². The number of nitrogens with one attached hydrogen (secondary N) is 3. The van der Waals surface area contributed by atoms with Crippen LogP contribution in [0.1, 0.15) is 122 Å². The number of nitrogens with zero attached hydrogens (tertiary/aromatic N) is 8. The first kappa shape index (κ1) is 43.5. The van der Waals surface area contributed by atoms with Gasteiger partial charge < -0.3 is 15.5 Å². The van der Waals surface area contributed by atoms with Gasteiger partial charge in [0, 0.05) is 73.0 Å². The molecule has 1 aliphatic carbocycles. The van der Waals surface area contributed by atoms with Gasteiger partial charge in [-0.25, -0.2) is 0 Å². The minimum absolute atomic E-state index is 0.0432. The maximum Gasteiger partial charge on any atom is 0.272 e. The molecule has 5 atom stereocenters. The molecular formula is C52H65N11O2. The van der Waals surface area contributed by atoms with Gasteiger partial charge in [0.2, 0.25) is 0 Å². The van der Waals surface area contributed by atoms with Crippen LogP contribution in [0.4, 0.5) is 0 Å². The number of amides is 2. The van der Waals surface area contributed by atoms with Gasteiger partial charge in [-0.2, -0.15) is 15.3 Å². The molecule has 3 saturated heterocycles. The number of rotatable bonds is 11. The minimum atomic E-state index is -0.655. The summed E-state index contributed by atoms with van der Waals surface area (Å²) in [5.74, 6) is 0.980. The molecule has 7 heterocycles. The monoisotopic (exact) mass is 876 g/mol. The fourth-order valence-corrected chi connectivity index (χ4v) is 11.4. The zero-order valence-electron chi connectivity index (χ0n) is 38.2. The summed E-state index contributed by atoms with van der Waals surface area (Å²) in [6.07, 6.45) is 20.3. The number of aromatic nitrogens is 4. The van der Waals surface area contributed by atoms with E-state index in [1.807, 2.05) is 30.9 Å². The number of likely N-dealkylation sites (tertiary alicyclic amines) is 3. The summed E-state index contributed by atoms with van der Waals surface area (Å²) in [4.78, 5) is 44.3. The van der Waals surface area contributed by atoms with Crippen LogP contribution in [0, 0.1) is 11.8 Å². The zero-order chi connectivity index (χ0) is 44.3. The molecule has 2 aromatic carbocycles. The summed E-state index contributed by atoms with van der Waals surface area (Å²) in [5, 5.41) is 24.2. The average molecular weight is 876 g/mol. The molecule has 0 bridgehead atoms. The Hall–Kier alpha value is -5.37. The normalized spacial score (nSPS) is 24.7. The summed E-state index contributed by atoms with van der Waals surface area (Å²) >= 11 is 0. The van der Waals surface area contributed by atoms with Crippen molar-refractivity contribution in [3.8, 4) is 22.3 Å². The Morgan fingerprint density at radius 3 is 2.15 bits per heavy atom. The number of carbonyl (C=O) groups excluding carboxylic acids is 2. The van der Waals surface area contributed by atoms with Gasteiger partial charge in [0.25, 0.3) is 11.8 Å². The van der Waals surface area contributed by atoms with E-state index in [2.05, 4.69) is 112 Å². The Labute approximate surface area is 383 Å². The van der Waals surface area contributed by atoms with Gasteiger partial charge in [-0.05, 0) is 180 Å². The number of aromatic amines is 1. The van der Waals surface area contributed by atoms with Gasteiger partial charge in [0.15, 0.2) is 11.7 Å². The molecule has 340 valence electrons. The van der Waals surface area contributed by atoms with Crippen molar-refractivity contribution in [2.24, 2.45) is 22.1 Å². The number of piperidine rings is 3. The molecule has 1 saturated carbocycles. The lowest BCUT2D eigenvalue weighted by atomic mass is 9.74. The fraction of sp³-hybridized carbons (Fsp3) is 0.519. The van der Waals surface area contributed by atoms with E-state index in [-0.39, 0.29) is 29.9 Å². The average Bonchev–Trinajstić information content (AvgIpc) is 3.77. The molecular weight excluding hydrogens is 811 g/mol. The van der Waals surface area contributed by atoms with Crippen LogP contribution >= 0.6 is 0 Å². The third-order valence-electron chi connectivity index (χ3n) is 15.1. The molecule has 5 aromatic rings. The number of H-pyrrole nitrogens is 1. The van der Waals surface area contributed by atoms with E-state index in [0.717, 1.165) is 129 Å². The lowest BCUT2D eigenvalue weighted by molar-refractivity contribution is -0.123. The topological polar surface area (TPSA) is 147 Å². The highest BCUT2D eigenvalue weighted by Crippen LogP contribution is 2.39. The minimum Gasteiger partial charge on any atom is -0.351 e. The first-order valence-corrected chi connectivity index (χ1v) is 24.4. The van der Waals surface area contributed by atoms with Crippen LogP contribution in [0.3, 0.4) is 0 Å². The van der Waals surface area contributed by atoms with Gasteiger partial charge in [-0.3, -0.25) is 34.5 Å². The van der Waals surface area contributed by atoms with Crippen molar-refractivity contribution < 1.29 is 9.59 Å². The Morgan fingerprint density at radius 1 is 0.662 bits per heavy atom. The van der Waals surface area contributed by atoms with E-state index in [1.54, 1.807) is 0 Å². The molecule has 3 aromatic heterocycles. The van der Waals surface area contributed by atoms with Crippen LogP contribution in [-0.2, 0) is 17.9 Å². The van der Waals surface area contributed by atoms with Crippen molar-refractivity contribution in [2.75, 3.05) is 46.3 Å². The van der Waals surface area contributed by atoms with Crippen molar-refractivity contribution >= 4 is 22.7 Å². The Morgan fingerprint density at radius 2 is 1.37 bits per heavy atom. The number of pyridine rings is 2. The predicted molar refractivity (Wildman–Crippen MR) is 254 cm³/mol. The van der Waals surface area contributed by atoms with E-state index in [4.69, 9.17) is 0 Å². The molecule has 65 heavy (non-hydrogen) atoms.